The summed E-state index contributed by atoms with van der Waals surface area (Å²) >= 11 is 0. The van der Waals surface area contributed by atoms with Gasteiger partial charge in [0.2, 0.25) is 10.0 Å². The summed E-state index contributed by atoms with van der Waals surface area (Å²) in [4.78, 5) is 0. The second-order valence-electron chi connectivity index (χ2n) is 2.67. The van der Waals surface area contributed by atoms with Crippen molar-refractivity contribution in [1.82, 2.24) is 4.31 Å². The maximum absolute atomic E-state index is 11.2. The van der Waals surface area contributed by atoms with E-state index in [1.54, 1.807) is 20.9 Å². The van der Waals surface area contributed by atoms with Gasteiger partial charge >= 0.3 is 0 Å². The highest BCUT2D eigenvalue weighted by molar-refractivity contribution is 7.89. The third-order valence-corrected chi connectivity index (χ3v) is 3.55. The molecule has 0 amide bonds. The van der Waals surface area contributed by atoms with Crippen LogP contribution in [0.25, 0.3) is 0 Å². The van der Waals surface area contributed by atoms with Crippen molar-refractivity contribution in [3.8, 4) is 0 Å². The van der Waals surface area contributed by atoms with Crippen molar-refractivity contribution >= 4 is 10.0 Å². The molecule has 0 saturated heterocycles. The molecule has 0 radical (unpaired) electrons. The first-order chi connectivity index (χ1) is 4.90. The van der Waals surface area contributed by atoms with Gasteiger partial charge < -0.3 is 5.73 Å². The average molecular weight is 180 g/mol. The van der Waals surface area contributed by atoms with Gasteiger partial charge in [0.25, 0.3) is 0 Å². The summed E-state index contributed by atoms with van der Waals surface area (Å²) in [5, 5.41) is 0. The molecule has 0 aromatic heterocycles. The van der Waals surface area contributed by atoms with E-state index in [1.807, 2.05) is 0 Å². The summed E-state index contributed by atoms with van der Waals surface area (Å²) in [6.45, 7) is 3.97. The molecule has 5 heteroatoms. The molecule has 0 bridgehead atoms. The SMILES string of the molecule is CCN(C)S(=O)(=O)CC(C)N. The van der Waals surface area contributed by atoms with E-state index in [1.165, 1.54) is 4.31 Å². The van der Waals surface area contributed by atoms with E-state index in [9.17, 15) is 8.42 Å². The van der Waals surface area contributed by atoms with Gasteiger partial charge in [-0.05, 0) is 6.92 Å². The molecule has 0 fully saturated rings. The topological polar surface area (TPSA) is 63.4 Å². The van der Waals surface area contributed by atoms with E-state index in [4.69, 9.17) is 5.73 Å². The normalized spacial score (nSPS) is 15.4. The highest BCUT2D eigenvalue weighted by atomic mass is 32.2. The summed E-state index contributed by atoms with van der Waals surface area (Å²) < 4.78 is 23.7. The molecule has 0 aliphatic heterocycles. The Hall–Kier alpha value is -0.130. The molecule has 2 N–H and O–H groups in total. The highest BCUT2D eigenvalue weighted by Gasteiger charge is 2.17. The van der Waals surface area contributed by atoms with E-state index in [0.717, 1.165) is 0 Å². The zero-order valence-corrected chi connectivity index (χ0v) is 8.06. The molecule has 1 unspecified atom stereocenters. The average Bonchev–Trinajstić information content (AvgIpc) is 1.83. The number of nitrogens with zero attached hydrogens (tertiary/aromatic N) is 1. The Labute approximate surface area is 68.4 Å². The Bertz CT molecular complexity index is 199. The predicted octanol–water partition coefficient (Wildman–Crippen LogP) is -0.385. The van der Waals surface area contributed by atoms with Crippen LogP contribution in [0, 0.1) is 0 Å². The second-order valence-corrected chi connectivity index (χ2v) is 4.79. The minimum atomic E-state index is -3.10. The summed E-state index contributed by atoms with van der Waals surface area (Å²) in [5.41, 5.74) is 5.37. The molecule has 0 spiro atoms. The molecule has 0 aliphatic rings. The van der Waals surface area contributed by atoms with Crippen molar-refractivity contribution < 1.29 is 8.42 Å². The van der Waals surface area contributed by atoms with Crippen LogP contribution in [0.4, 0.5) is 0 Å². The first-order valence-corrected chi connectivity index (χ1v) is 5.20. The Morgan fingerprint density at radius 2 is 2.00 bits per heavy atom. The maximum Gasteiger partial charge on any atom is 0.215 e. The molecular weight excluding hydrogens is 164 g/mol. The first-order valence-electron chi connectivity index (χ1n) is 3.59. The summed E-state index contributed by atoms with van der Waals surface area (Å²) in [6.07, 6.45) is 0. The van der Waals surface area contributed by atoms with Gasteiger partial charge in [0, 0.05) is 19.6 Å². The lowest BCUT2D eigenvalue weighted by molar-refractivity contribution is 0.482. The fourth-order valence-electron chi connectivity index (χ4n) is 0.656. The van der Waals surface area contributed by atoms with Crippen molar-refractivity contribution in [2.24, 2.45) is 5.73 Å². The zero-order chi connectivity index (χ0) is 9.07. The number of rotatable bonds is 4. The standard InChI is InChI=1S/C6H16N2O2S/c1-4-8(3)11(9,10)5-6(2)7/h6H,4-5,7H2,1-3H3. The Kier molecular flexibility index (Phi) is 3.99. The van der Waals surface area contributed by atoms with Gasteiger partial charge in [-0.15, -0.1) is 0 Å². The van der Waals surface area contributed by atoms with Crippen LogP contribution in [-0.2, 0) is 10.0 Å². The molecular formula is C6H16N2O2S. The van der Waals surface area contributed by atoms with Gasteiger partial charge in [0.15, 0.2) is 0 Å². The van der Waals surface area contributed by atoms with E-state index in [0.29, 0.717) is 6.54 Å². The summed E-state index contributed by atoms with van der Waals surface area (Å²) in [7, 11) is -1.55. The number of hydrogen-bond acceptors (Lipinski definition) is 3. The van der Waals surface area contributed by atoms with E-state index in [-0.39, 0.29) is 11.8 Å². The zero-order valence-electron chi connectivity index (χ0n) is 7.24. The van der Waals surface area contributed by atoms with Gasteiger partial charge in [-0.25, -0.2) is 12.7 Å². The van der Waals surface area contributed by atoms with Gasteiger partial charge in [-0.1, -0.05) is 6.92 Å². The summed E-state index contributed by atoms with van der Waals surface area (Å²) in [6, 6.07) is -0.297. The molecule has 68 valence electrons. The number of nitrogens with two attached hydrogens (primary N) is 1. The Morgan fingerprint density at radius 3 is 2.27 bits per heavy atom. The van der Waals surface area contributed by atoms with Gasteiger partial charge in [-0.3, -0.25) is 0 Å². The predicted molar refractivity (Wildman–Crippen MR) is 45.7 cm³/mol. The van der Waals surface area contributed by atoms with Gasteiger partial charge in [0.1, 0.15) is 0 Å². The lowest BCUT2D eigenvalue weighted by Crippen LogP contribution is -2.36. The molecule has 0 aromatic carbocycles. The summed E-state index contributed by atoms with van der Waals surface area (Å²) in [5.74, 6) is 0.0251. The van der Waals surface area contributed by atoms with Crippen molar-refractivity contribution in [3.05, 3.63) is 0 Å². The Balaban J connectivity index is 4.23. The largest absolute Gasteiger partial charge is 0.327 e. The molecule has 0 heterocycles. The fraction of sp³-hybridized carbons (Fsp3) is 1.00. The van der Waals surface area contributed by atoms with Crippen LogP contribution in [-0.4, -0.2) is 38.1 Å². The van der Waals surface area contributed by atoms with E-state index < -0.39 is 10.0 Å². The molecule has 1 atom stereocenters. The molecule has 11 heavy (non-hydrogen) atoms. The van der Waals surface area contributed by atoms with Crippen LogP contribution in [0.3, 0.4) is 0 Å². The quantitative estimate of drug-likeness (QED) is 0.641. The minimum Gasteiger partial charge on any atom is -0.327 e. The lowest BCUT2D eigenvalue weighted by atomic mass is 10.4. The van der Waals surface area contributed by atoms with Crippen LogP contribution in [0.2, 0.25) is 0 Å². The van der Waals surface area contributed by atoms with Crippen molar-refractivity contribution in [2.45, 2.75) is 19.9 Å². The molecule has 0 saturated carbocycles. The molecule has 4 nitrogen and oxygen atoms in total. The van der Waals surface area contributed by atoms with Crippen LogP contribution < -0.4 is 5.73 Å². The van der Waals surface area contributed by atoms with Gasteiger partial charge in [0.05, 0.1) is 5.75 Å². The minimum absolute atomic E-state index is 0.0251. The molecule has 0 rings (SSSR count). The van der Waals surface area contributed by atoms with Crippen LogP contribution >= 0.6 is 0 Å². The Morgan fingerprint density at radius 1 is 1.55 bits per heavy atom. The van der Waals surface area contributed by atoms with E-state index in [2.05, 4.69) is 0 Å². The molecule has 0 aliphatic carbocycles. The maximum atomic E-state index is 11.2. The second kappa shape index (κ2) is 4.04. The third-order valence-electron chi connectivity index (χ3n) is 1.39. The highest BCUT2D eigenvalue weighted by Crippen LogP contribution is 1.98. The van der Waals surface area contributed by atoms with Crippen molar-refractivity contribution in [3.63, 3.8) is 0 Å². The van der Waals surface area contributed by atoms with Crippen LogP contribution in [0.5, 0.6) is 0 Å². The van der Waals surface area contributed by atoms with Crippen LogP contribution in [0.1, 0.15) is 13.8 Å². The monoisotopic (exact) mass is 180 g/mol. The smallest absolute Gasteiger partial charge is 0.215 e. The van der Waals surface area contributed by atoms with Crippen molar-refractivity contribution in [2.75, 3.05) is 19.3 Å². The van der Waals surface area contributed by atoms with E-state index >= 15 is 0 Å². The number of hydrogen-bond donors (Lipinski definition) is 1. The van der Waals surface area contributed by atoms with Crippen LogP contribution in [0.15, 0.2) is 0 Å². The molecule has 0 aromatic rings. The lowest BCUT2D eigenvalue weighted by Gasteiger charge is -2.15. The first kappa shape index (κ1) is 10.9. The van der Waals surface area contributed by atoms with Crippen molar-refractivity contribution in [1.29, 1.82) is 0 Å². The van der Waals surface area contributed by atoms with Gasteiger partial charge in [-0.2, -0.15) is 0 Å². The fourth-order valence-corrected chi connectivity index (χ4v) is 1.97. The third kappa shape index (κ3) is 3.69. The number of sulfonamides is 1.